The second-order valence-corrected chi connectivity index (χ2v) is 6.94. The van der Waals surface area contributed by atoms with E-state index in [-0.39, 0.29) is 18.1 Å². The number of rotatable bonds is 5. The maximum Gasteiger partial charge on any atom is 0.241 e. The molecular weight excluding hydrogens is 256 g/mol. The van der Waals surface area contributed by atoms with E-state index in [1.54, 1.807) is 11.3 Å². The summed E-state index contributed by atoms with van der Waals surface area (Å²) < 4.78 is 0. The highest BCUT2D eigenvalue weighted by molar-refractivity contribution is 7.12. The van der Waals surface area contributed by atoms with Crippen LogP contribution in [0, 0.1) is 12.8 Å². The first-order valence-electron chi connectivity index (χ1n) is 7.17. The van der Waals surface area contributed by atoms with E-state index in [0.717, 1.165) is 19.4 Å². The predicted octanol–water partition coefficient (Wildman–Crippen LogP) is 3.31. The number of hydrogen-bond acceptors (Lipinski definition) is 3. The zero-order chi connectivity index (χ0) is 14.0. The number of amides is 1. The first kappa shape index (κ1) is 14.5. The van der Waals surface area contributed by atoms with Crippen LogP contribution in [-0.2, 0) is 4.79 Å². The largest absolute Gasteiger partial charge is 0.321 e. The van der Waals surface area contributed by atoms with Gasteiger partial charge in [0.2, 0.25) is 5.91 Å². The van der Waals surface area contributed by atoms with E-state index < -0.39 is 0 Å². The first-order valence-corrected chi connectivity index (χ1v) is 7.99. The van der Waals surface area contributed by atoms with Crippen molar-refractivity contribution in [3.05, 3.63) is 21.9 Å². The molecule has 1 aromatic rings. The number of nitrogens with one attached hydrogen (secondary N) is 1. The molecule has 1 fully saturated rings. The van der Waals surface area contributed by atoms with Gasteiger partial charge in [0.15, 0.2) is 0 Å². The molecule has 2 atom stereocenters. The van der Waals surface area contributed by atoms with Crippen LogP contribution in [0.25, 0.3) is 0 Å². The molecule has 1 aromatic heterocycles. The van der Waals surface area contributed by atoms with Crippen LogP contribution in [0.2, 0.25) is 0 Å². The lowest BCUT2D eigenvalue weighted by molar-refractivity contribution is -0.130. The molecule has 1 N–H and O–H groups in total. The zero-order valence-corrected chi connectivity index (χ0v) is 13.1. The van der Waals surface area contributed by atoms with Crippen LogP contribution in [-0.4, -0.2) is 23.4 Å². The molecule has 2 rings (SSSR count). The standard InChI is InChI=1S/C15H24N2OS/c1-5-6-9-17-14(12-8-7-11(4)19-12)16-13(10(2)3)15(17)18/h7-8,10,13-14,16H,5-6,9H2,1-4H3. The smallest absolute Gasteiger partial charge is 0.241 e. The van der Waals surface area contributed by atoms with Crippen molar-refractivity contribution in [1.82, 2.24) is 10.2 Å². The normalized spacial score (nSPS) is 23.6. The minimum absolute atomic E-state index is 0.0377. The molecule has 0 radical (unpaired) electrons. The average Bonchev–Trinajstić information content (AvgIpc) is 2.91. The molecule has 3 nitrogen and oxygen atoms in total. The quantitative estimate of drug-likeness (QED) is 0.897. The Morgan fingerprint density at radius 3 is 2.68 bits per heavy atom. The summed E-state index contributed by atoms with van der Waals surface area (Å²) in [4.78, 5) is 17.1. The summed E-state index contributed by atoms with van der Waals surface area (Å²) in [6.45, 7) is 9.35. The van der Waals surface area contributed by atoms with Crippen LogP contribution in [0.15, 0.2) is 12.1 Å². The van der Waals surface area contributed by atoms with Crippen molar-refractivity contribution in [2.45, 2.75) is 52.7 Å². The van der Waals surface area contributed by atoms with Gasteiger partial charge in [-0.3, -0.25) is 10.1 Å². The van der Waals surface area contributed by atoms with E-state index in [0.29, 0.717) is 5.92 Å². The van der Waals surface area contributed by atoms with Crippen molar-refractivity contribution in [3.63, 3.8) is 0 Å². The van der Waals surface area contributed by atoms with Crippen LogP contribution < -0.4 is 5.32 Å². The second kappa shape index (κ2) is 6.06. The number of hydrogen-bond donors (Lipinski definition) is 1. The summed E-state index contributed by atoms with van der Waals surface area (Å²) in [5.74, 6) is 0.599. The molecular formula is C15H24N2OS. The Bertz CT molecular complexity index is 441. The highest BCUT2D eigenvalue weighted by atomic mass is 32.1. The summed E-state index contributed by atoms with van der Waals surface area (Å²) in [5.41, 5.74) is 0. The van der Waals surface area contributed by atoms with Crippen molar-refractivity contribution in [3.8, 4) is 0 Å². The van der Waals surface area contributed by atoms with Crippen LogP contribution in [0.4, 0.5) is 0 Å². The summed E-state index contributed by atoms with van der Waals surface area (Å²) in [6, 6.07) is 4.24. The fourth-order valence-electron chi connectivity index (χ4n) is 2.52. The Hall–Kier alpha value is -0.870. The van der Waals surface area contributed by atoms with Gasteiger partial charge in [0.05, 0.1) is 6.04 Å². The molecule has 0 bridgehead atoms. The average molecular weight is 280 g/mol. The number of nitrogens with zero attached hydrogens (tertiary/aromatic N) is 1. The number of thiophene rings is 1. The SMILES string of the molecule is CCCCN1C(=O)C(C(C)C)NC1c1ccc(C)s1. The van der Waals surface area contributed by atoms with Crippen molar-refractivity contribution >= 4 is 17.2 Å². The fourth-order valence-corrected chi connectivity index (χ4v) is 3.47. The van der Waals surface area contributed by atoms with Gasteiger partial charge in [0.25, 0.3) is 0 Å². The molecule has 2 unspecified atom stereocenters. The van der Waals surface area contributed by atoms with Gasteiger partial charge >= 0.3 is 0 Å². The third-order valence-corrected chi connectivity index (χ3v) is 4.70. The summed E-state index contributed by atoms with van der Waals surface area (Å²) >= 11 is 1.78. The van der Waals surface area contributed by atoms with Gasteiger partial charge in [-0.1, -0.05) is 27.2 Å². The highest BCUT2D eigenvalue weighted by Crippen LogP contribution is 2.32. The molecule has 19 heavy (non-hydrogen) atoms. The van der Waals surface area contributed by atoms with Gasteiger partial charge in [-0.15, -0.1) is 11.3 Å². The fraction of sp³-hybridized carbons (Fsp3) is 0.667. The van der Waals surface area contributed by atoms with Crippen molar-refractivity contribution in [1.29, 1.82) is 0 Å². The van der Waals surface area contributed by atoms with Crippen molar-refractivity contribution < 1.29 is 4.79 Å². The molecule has 1 aliphatic heterocycles. The Morgan fingerprint density at radius 2 is 2.16 bits per heavy atom. The van der Waals surface area contributed by atoms with Crippen molar-refractivity contribution in [2.75, 3.05) is 6.54 Å². The van der Waals surface area contributed by atoms with Gasteiger partial charge in [0, 0.05) is 16.3 Å². The van der Waals surface area contributed by atoms with Crippen molar-refractivity contribution in [2.24, 2.45) is 5.92 Å². The third-order valence-electron chi connectivity index (χ3n) is 3.65. The monoisotopic (exact) mass is 280 g/mol. The number of carbonyl (C=O) groups excluding carboxylic acids is 1. The minimum Gasteiger partial charge on any atom is -0.321 e. The molecule has 1 saturated heterocycles. The molecule has 1 aliphatic rings. The number of aryl methyl sites for hydroxylation is 1. The Kier molecular flexibility index (Phi) is 4.63. The van der Waals surface area contributed by atoms with Crippen LogP contribution in [0.5, 0.6) is 0 Å². The van der Waals surface area contributed by atoms with E-state index in [1.165, 1.54) is 9.75 Å². The lowest BCUT2D eigenvalue weighted by atomic mass is 10.1. The molecule has 0 saturated carbocycles. The first-order chi connectivity index (χ1) is 9.04. The molecule has 2 heterocycles. The lowest BCUT2D eigenvalue weighted by Crippen LogP contribution is -2.34. The maximum absolute atomic E-state index is 12.5. The molecule has 0 spiro atoms. The van der Waals surface area contributed by atoms with E-state index in [4.69, 9.17) is 0 Å². The Morgan fingerprint density at radius 1 is 1.42 bits per heavy atom. The van der Waals surface area contributed by atoms with Gasteiger partial charge in [-0.2, -0.15) is 0 Å². The van der Waals surface area contributed by atoms with Gasteiger partial charge in [-0.05, 0) is 31.4 Å². The van der Waals surface area contributed by atoms with E-state index in [1.807, 2.05) is 4.90 Å². The summed E-state index contributed by atoms with van der Waals surface area (Å²) in [5, 5.41) is 3.52. The lowest BCUT2D eigenvalue weighted by Gasteiger charge is -2.23. The molecule has 0 aromatic carbocycles. The van der Waals surface area contributed by atoms with Gasteiger partial charge in [0.1, 0.15) is 6.17 Å². The minimum atomic E-state index is -0.0377. The zero-order valence-electron chi connectivity index (χ0n) is 12.3. The second-order valence-electron chi connectivity index (χ2n) is 5.62. The van der Waals surface area contributed by atoms with Crippen LogP contribution in [0.3, 0.4) is 0 Å². The highest BCUT2D eigenvalue weighted by Gasteiger charge is 2.40. The molecule has 0 aliphatic carbocycles. The molecule has 106 valence electrons. The number of carbonyl (C=O) groups is 1. The van der Waals surface area contributed by atoms with Gasteiger partial charge in [-0.25, -0.2) is 0 Å². The molecule has 1 amide bonds. The van der Waals surface area contributed by atoms with Crippen LogP contribution in [0.1, 0.15) is 49.5 Å². The maximum atomic E-state index is 12.5. The topological polar surface area (TPSA) is 32.3 Å². The van der Waals surface area contributed by atoms with E-state index in [9.17, 15) is 4.79 Å². The summed E-state index contributed by atoms with van der Waals surface area (Å²) in [6.07, 6.45) is 2.26. The predicted molar refractivity (Wildman–Crippen MR) is 80.2 cm³/mol. The Labute approximate surface area is 120 Å². The van der Waals surface area contributed by atoms with E-state index in [2.05, 4.69) is 45.1 Å². The third kappa shape index (κ3) is 3.00. The summed E-state index contributed by atoms with van der Waals surface area (Å²) in [7, 11) is 0. The van der Waals surface area contributed by atoms with E-state index >= 15 is 0 Å². The molecule has 4 heteroatoms. The van der Waals surface area contributed by atoms with Crippen LogP contribution >= 0.6 is 11.3 Å². The Balaban J connectivity index is 2.21. The van der Waals surface area contributed by atoms with Gasteiger partial charge < -0.3 is 4.90 Å². The number of unbranched alkanes of at least 4 members (excludes halogenated alkanes) is 1.